The van der Waals surface area contributed by atoms with Crippen LogP contribution in [0.25, 0.3) is 0 Å². The van der Waals surface area contributed by atoms with Crippen LogP contribution < -0.4 is 5.32 Å². The number of halogens is 1. The lowest BCUT2D eigenvalue weighted by molar-refractivity contribution is -0.136. The van der Waals surface area contributed by atoms with E-state index in [9.17, 15) is 4.79 Å². The maximum absolute atomic E-state index is 12.5. The lowest BCUT2D eigenvalue weighted by atomic mass is 9.95. The Balaban J connectivity index is 2.13. The van der Waals surface area contributed by atoms with Crippen LogP contribution in [0.3, 0.4) is 0 Å². The molecule has 0 bridgehead atoms. The van der Waals surface area contributed by atoms with Crippen LogP contribution in [-0.4, -0.2) is 30.9 Å². The molecule has 104 valence electrons. The minimum Gasteiger partial charge on any atom is -0.339 e. The van der Waals surface area contributed by atoms with Crippen molar-refractivity contribution in [1.29, 1.82) is 0 Å². The van der Waals surface area contributed by atoms with Gasteiger partial charge in [0.2, 0.25) is 5.91 Å². The van der Waals surface area contributed by atoms with Gasteiger partial charge in [0, 0.05) is 18.6 Å². The molecule has 1 fully saturated rings. The van der Waals surface area contributed by atoms with Crippen LogP contribution in [0.15, 0.2) is 24.3 Å². The molecule has 1 aliphatic rings. The van der Waals surface area contributed by atoms with Crippen molar-refractivity contribution in [3.05, 3.63) is 34.9 Å². The largest absolute Gasteiger partial charge is 0.339 e. The highest BCUT2D eigenvalue weighted by molar-refractivity contribution is 6.31. The lowest BCUT2D eigenvalue weighted by Gasteiger charge is -2.29. The molecule has 1 aliphatic heterocycles. The van der Waals surface area contributed by atoms with Crippen molar-refractivity contribution in [3.8, 4) is 0 Å². The first kappa shape index (κ1) is 14.4. The van der Waals surface area contributed by atoms with Gasteiger partial charge in [-0.15, -0.1) is 0 Å². The number of nitrogens with one attached hydrogen (secondary N) is 1. The van der Waals surface area contributed by atoms with Crippen molar-refractivity contribution in [3.63, 3.8) is 0 Å². The van der Waals surface area contributed by atoms with Crippen LogP contribution >= 0.6 is 11.6 Å². The summed E-state index contributed by atoms with van der Waals surface area (Å²) in [7, 11) is 1.86. The van der Waals surface area contributed by atoms with Crippen LogP contribution in [0.2, 0.25) is 5.02 Å². The summed E-state index contributed by atoms with van der Waals surface area (Å²) in [4.78, 5) is 14.3. The first-order chi connectivity index (χ1) is 9.02. The van der Waals surface area contributed by atoms with E-state index < -0.39 is 0 Å². The van der Waals surface area contributed by atoms with E-state index in [2.05, 4.69) is 12.2 Å². The highest BCUT2D eigenvalue weighted by Gasteiger charge is 2.33. The fourth-order valence-electron chi connectivity index (χ4n) is 2.62. The molecule has 0 aliphatic carbocycles. The molecule has 3 atom stereocenters. The van der Waals surface area contributed by atoms with Gasteiger partial charge in [0.25, 0.3) is 0 Å². The number of nitrogens with zero attached hydrogens (tertiary/aromatic N) is 1. The molecule has 1 aromatic carbocycles. The van der Waals surface area contributed by atoms with Gasteiger partial charge in [0.05, 0.1) is 12.0 Å². The number of carbonyl (C=O) groups is 1. The monoisotopic (exact) mass is 280 g/mol. The van der Waals surface area contributed by atoms with Gasteiger partial charge in [0.15, 0.2) is 0 Å². The van der Waals surface area contributed by atoms with Crippen molar-refractivity contribution < 1.29 is 4.79 Å². The summed E-state index contributed by atoms with van der Waals surface area (Å²) in [6.45, 7) is 5.84. The molecule has 19 heavy (non-hydrogen) atoms. The second-order valence-corrected chi connectivity index (χ2v) is 5.80. The molecule has 0 aromatic heterocycles. The maximum atomic E-state index is 12.5. The van der Waals surface area contributed by atoms with Gasteiger partial charge in [-0.25, -0.2) is 0 Å². The number of rotatable bonds is 3. The van der Waals surface area contributed by atoms with E-state index in [1.807, 2.05) is 43.1 Å². The van der Waals surface area contributed by atoms with Gasteiger partial charge >= 0.3 is 0 Å². The van der Waals surface area contributed by atoms with Crippen LogP contribution in [-0.2, 0) is 4.79 Å². The summed E-state index contributed by atoms with van der Waals surface area (Å²) >= 11 is 6.21. The quantitative estimate of drug-likeness (QED) is 0.923. The third-order valence-electron chi connectivity index (χ3n) is 4.12. The molecular weight excluding hydrogens is 260 g/mol. The second kappa shape index (κ2) is 5.93. The van der Waals surface area contributed by atoms with Gasteiger partial charge in [-0.2, -0.15) is 0 Å². The van der Waals surface area contributed by atoms with Crippen LogP contribution in [0, 0.1) is 11.8 Å². The first-order valence-electron chi connectivity index (χ1n) is 6.74. The zero-order valence-electron chi connectivity index (χ0n) is 11.7. The Morgan fingerprint density at radius 3 is 2.68 bits per heavy atom. The fraction of sp³-hybridized carbons (Fsp3) is 0.533. The predicted molar refractivity (Wildman–Crippen MR) is 78.2 cm³/mol. The molecule has 1 N–H and O–H groups in total. The molecule has 1 amide bonds. The number of hydrogen-bond donors (Lipinski definition) is 1. The van der Waals surface area contributed by atoms with Gasteiger partial charge in [-0.1, -0.05) is 36.7 Å². The Kier molecular flexibility index (Phi) is 4.48. The Bertz CT molecular complexity index is 463. The molecule has 1 unspecified atom stereocenters. The van der Waals surface area contributed by atoms with E-state index in [4.69, 9.17) is 11.6 Å². The average Bonchev–Trinajstić information content (AvgIpc) is 2.83. The summed E-state index contributed by atoms with van der Waals surface area (Å²) in [6.07, 6.45) is 0. The van der Waals surface area contributed by atoms with Crippen LogP contribution in [0.5, 0.6) is 0 Å². The Labute approximate surface area is 119 Å². The molecule has 2 rings (SSSR count). The van der Waals surface area contributed by atoms with Crippen molar-refractivity contribution in [2.75, 3.05) is 20.1 Å². The number of hydrogen-bond acceptors (Lipinski definition) is 2. The van der Waals surface area contributed by atoms with E-state index in [1.165, 1.54) is 0 Å². The van der Waals surface area contributed by atoms with E-state index in [1.54, 1.807) is 0 Å². The minimum absolute atomic E-state index is 0.00556. The van der Waals surface area contributed by atoms with Crippen molar-refractivity contribution in [2.45, 2.75) is 19.9 Å². The summed E-state index contributed by atoms with van der Waals surface area (Å²) in [6, 6.07) is 7.70. The average molecular weight is 281 g/mol. The fourth-order valence-corrected chi connectivity index (χ4v) is 2.91. The standard InChI is InChI=1S/C15H21ClN2O/c1-10-8-17-9-13(10)15(19)18(3)11(2)12-6-4-5-7-14(12)16/h4-7,10-11,13,17H,8-9H2,1-3H3/t10-,11?,13-/m1/s1. The van der Waals surface area contributed by atoms with E-state index in [0.717, 1.165) is 18.7 Å². The molecular formula is C15H21ClN2O. The Morgan fingerprint density at radius 2 is 2.11 bits per heavy atom. The van der Waals surface area contributed by atoms with Gasteiger partial charge in [-0.3, -0.25) is 4.79 Å². The Hall–Kier alpha value is -1.06. The second-order valence-electron chi connectivity index (χ2n) is 5.39. The molecule has 1 saturated heterocycles. The van der Waals surface area contributed by atoms with E-state index in [0.29, 0.717) is 10.9 Å². The summed E-state index contributed by atoms with van der Waals surface area (Å²) in [5, 5.41) is 3.99. The van der Waals surface area contributed by atoms with E-state index in [-0.39, 0.29) is 17.9 Å². The van der Waals surface area contributed by atoms with E-state index >= 15 is 0 Å². The third-order valence-corrected chi connectivity index (χ3v) is 4.46. The minimum atomic E-state index is -0.00556. The normalized spacial score (nSPS) is 24.2. The molecule has 1 heterocycles. The smallest absolute Gasteiger partial charge is 0.227 e. The van der Waals surface area contributed by atoms with Crippen LogP contribution in [0.4, 0.5) is 0 Å². The van der Waals surface area contributed by atoms with Crippen molar-refractivity contribution >= 4 is 17.5 Å². The zero-order chi connectivity index (χ0) is 14.0. The number of carbonyl (C=O) groups excluding carboxylic acids is 1. The van der Waals surface area contributed by atoms with Crippen LogP contribution in [0.1, 0.15) is 25.5 Å². The Morgan fingerprint density at radius 1 is 1.42 bits per heavy atom. The summed E-state index contributed by atoms with van der Waals surface area (Å²) in [5.74, 6) is 0.674. The van der Waals surface area contributed by atoms with Crippen molar-refractivity contribution in [2.24, 2.45) is 11.8 Å². The summed E-state index contributed by atoms with van der Waals surface area (Å²) in [5.41, 5.74) is 0.999. The highest BCUT2D eigenvalue weighted by atomic mass is 35.5. The van der Waals surface area contributed by atoms with Gasteiger partial charge in [0.1, 0.15) is 0 Å². The number of benzene rings is 1. The highest BCUT2D eigenvalue weighted by Crippen LogP contribution is 2.28. The SMILES string of the molecule is CC(c1ccccc1Cl)N(C)C(=O)[C@@H]1CNC[C@H]1C. The molecule has 0 saturated carbocycles. The molecule has 0 spiro atoms. The number of amides is 1. The van der Waals surface area contributed by atoms with Crippen molar-refractivity contribution in [1.82, 2.24) is 10.2 Å². The summed E-state index contributed by atoms with van der Waals surface area (Å²) < 4.78 is 0. The first-order valence-corrected chi connectivity index (χ1v) is 7.12. The van der Waals surface area contributed by atoms with Gasteiger partial charge in [-0.05, 0) is 31.0 Å². The molecule has 3 nitrogen and oxygen atoms in total. The lowest BCUT2D eigenvalue weighted by Crippen LogP contribution is -2.37. The molecule has 4 heteroatoms. The maximum Gasteiger partial charge on any atom is 0.227 e. The molecule has 1 aromatic rings. The topological polar surface area (TPSA) is 32.3 Å². The third kappa shape index (κ3) is 2.93. The predicted octanol–water partition coefficient (Wildman–Crippen LogP) is 2.71. The zero-order valence-corrected chi connectivity index (χ0v) is 12.4. The molecule has 0 radical (unpaired) electrons. The van der Waals surface area contributed by atoms with Gasteiger partial charge < -0.3 is 10.2 Å².